The molecule has 10 nitrogen and oxygen atoms in total. The van der Waals surface area contributed by atoms with Gasteiger partial charge in [-0.15, -0.1) is 13.2 Å². The molecule has 4 rings (SSSR count). The molecule has 0 spiro atoms. The summed E-state index contributed by atoms with van der Waals surface area (Å²) in [6.45, 7) is 1.51. The van der Waals surface area contributed by atoms with Crippen molar-refractivity contribution in [3.8, 4) is 17.5 Å². The predicted molar refractivity (Wildman–Crippen MR) is 127 cm³/mol. The maximum atomic E-state index is 14.4. The van der Waals surface area contributed by atoms with E-state index in [1.807, 2.05) is 6.07 Å². The molecule has 0 fully saturated rings. The van der Waals surface area contributed by atoms with Gasteiger partial charge < -0.3 is 21.5 Å². The van der Waals surface area contributed by atoms with Crippen LogP contribution in [0.25, 0.3) is 16.6 Å². The number of anilines is 3. The van der Waals surface area contributed by atoms with Gasteiger partial charge in [0.05, 0.1) is 27.7 Å². The Bertz CT molecular complexity index is 1630. The highest BCUT2D eigenvalue weighted by atomic mass is 35.5. The Balaban J connectivity index is 1.96. The van der Waals surface area contributed by atoms with Gasteiger partial charge >= 0.3 is 6.36 Å². The van der Waals surface area contributed by atoms with E-state index in [1.54, 1.807) is 6.07 Å². The molecule has 0 aliphatic rings. The van der Waals surface area contributed by atoms with Gasteiger partial charge in [-0.2, -0.15) is 15.2 Å². The van der Waals surface area contributed by atoms with E-state index in [-0.39, 0.29) is 50.6 Å². The van der Waals surface area contributed by atoms with Gasteiger partial charge in [-0.1, -0.05) is 17.7 Å². The molecule has 15 heteroatoms. The van der Waals surface area contributed by atoms with E-state index < -0.39 is 29.5 Å². The molecule has 5 N–H and O–H groups in total. The summed E-state index contributed by atoms with van der Waals surface area (Å²) in [5.41, 5.74) is 10.3. The molecule has 0 saturated carbocycles. The summed E-state index contributed by atoms with van der Waals surface area (Å²) in [5.74, 6) is -2.66. The molecule has 2 aromatic carbocycles. The molecule has 0 saturated heterocycles. The number of benzene rings is 2. The van der Waals surface area contributed by atoms with Crippen molar-refractivity contribution in [2.24, 2.45) is 0 Å². The average Bonchev–Trinajstić information content (AvgIpc) is 2.77. The number of nitrogen functional groups attached to an aromatic ring is 2. The average molecular weight is 535 g/mol. The Kier molecular flexibility index (Phi) is 6.49. The molecule has 0 bridgehead atoms. The topological polar surface area (TPSA) is 158 Å². The van der Waals surface area contributed by atoms with Crippen LogP contribution in [0.15, 0.2) is 41.2 Å². The Morgan fingerprint density at radius 1 is 1.19 bits per heavy atom. The SMILES string of the molecule is CC(Nc1nc(N)nc(N)c1C#N)c1nc2cccc(Cl)c2c(=O)n1-c1cc(F)cc(OC(F)(F)F)c1. The Labute approximate surface area is 210 Å². The van der Waals surface area contributed by atoms with E-state index >= 15 is 0 Å². The van der Waals surface area contributed by atoms with Crippen LogP contribution in [-0.4, -0.2) is 25.9 Å². The van der Waals surface area contributed by atoms with Gasteiger partial charge in [-0.25, -0.2) is 9.37 Å². The summed E-state index contributed by atoms with van der Waals surface area (Å²) >= 11 is 6.21. The molecule has 0 amide bonds. The third-order valence-corrected chi connectivity index (χ3v) is 5.34. The smallest absolute Gasteiger partial charge is 0.406 e. The second kappa shape index (κ2) is 9.43. The second-order valence-corrected chi connectivity index (χ2v) is 8.01. The van der Waals surface area contributed by atoms with E-state index in [0.29, 0.717) is 6.07 Å². The summed E-state index contributed by atoms with van der Waals surface area (Å²) in [4.78, 5) is 25.7. The fourth-order valence-electron chi connectivity index (χ4n) is 3.60. The fourth-order valence-corrected chi connectivity index (χ4v) is 3.85. The second-order valence-electron chi connectivity index (χ2n) is 7.61. The van der Waals surface area contributed by atoms with Gasteiger partial charge in [0.2, 0.25) is 5.95 Å². The Morgan fingerprint density at radius 2 is 1.92 bits per heavy atom. The lowest BCUT2D eigenvalue weighted by molar-refractivity contribution is -0.274. The van der Waals surface area contributed by atoms with Crippen LogP contribution in [0.4, 0.5) is 35.1 Å². The van der Waals surface area contributed by atoms with Crippen LogP contribution in [0.5, 0.6) is 5.75 Å². The molecule has 2 heterocycles. The van der Waals surface area contributed by atoms with Crippen LogP contribution in [0.1, 0.15) is 24.4 Å². The van der Waals surface area contributed by atoms with Gasteiger partial charge in [-0.05, 0) is 25.1 Å². The van der Waals surface area contributed by atoms with Crippen LogP contribution >= 0.6 is 11.6 Å². The number of hydrogen-bond acceptors (Lipinski definition) is 9. The number of nitrogens with two attached hydrogens (primary N) is 2. The van der Waals surface area contributed by atoms with Crippen molar-refractivity contribution in [3.05, 3.63) is 69.0 Å². The summed E-state index contributed by atoms with van der Waals surface area (Å²) < 4.78 is 57.6. The molecule has 190 valence electrons. The Hall–Kier alpha value is -4.64. The molecule has 4 aromatic rings. The van der Waals surface area contributed by atoms with E-state index in [2.05, 4.69) is 25.0 Å². The highest BCUT2D eigenvalue weighted by Gasteiger charge is 2.32. The summed E-state index contributed by atoms with van der Waals surface area (Å²) in [7, 11) is 0. The lowest BCUT2D eigenvalue weighted by Crippen LogP contribution is -2.28. The number of nitrogens with one attached hydrogen (secondary N) is 1. The number of fused-ring (bicyclic) bond motifs is 1. The number of alkyl halides is 3. The van der Waals surface area contributed by atoms with Gasteiger partial charge in [0.1, 0.15) is 34.8 Å². The first kappa shape index (κ1) is 25.5. The molecule has 0 aliphatic carbocycles. The minimum atomic E-state index is -5.11. The summed E-state index contributed by atoms with van der Waals surface area (Å²) in [6, 6.07) is 7.48. The van der Waals surface area contributed by atoms with E-state index in [9.17, 15) is 27.6 Å². The van der Waals surface area contributed by atoms with Gasteiger partial charge in [0.25, 0.3) is 5.56 Å². The van der Waals surface area contributed by atoms with E-state index in [1.165, 1.54) is 19.1 Å². The third-order valence-electron chi connectivity index (χ3n) is 5.03. The van der Waals surface area contributed by atoms with Crippen LogP contribution in [0, 0.1) is 17.1 Å². The molecule has 1 unspecified atom stereocenters. The zero-order valence-corrected chi connectivity index (χ0v) is 19.4. The number of nitrogens with zero attached hydrogens (tertiary/aromatic N) is 5. The number of nitriles is 1. The van der Waals surface area contributed by atoms with Crippen LogP contribution in [0.3, 0.4) is 0 Å². The quantitative estimate of drug-likeness (QED) is 0.321. The molecular weight excluding hydrogens is 520 g/mol. The maximum absolute atomic E-state index is 14.4. The number of rotatable bonds is 5. The zero-order valence-electron chi connectivity index (χ0n) is 18.6. The van der Waals surface area contributed by atoms with E-state index in [0.717, 1.165) is 16.7 Å². The zero-order chi connectivity index (χ0) is 27.1. The molecule has 0 radical (unpaired) electrons. The van der Waals surface area contributed by atoms with Crippen molar-refractivity contribution in [1.82, 2.24) is 19.5 Å². The van der Waals surface area contributed by atoms with Crippen molar-refractivity contribution in [3.63, 3.8) is 0 Å². The molecular formula is C22H15ClF4N8O2. The van der Waals surface area contributed by atoms with Crippen molar-refractivity contribution < 1.29 is 22.3 Å². The first-order valence-corrected chi connectivity index (χ1v) is 10.6. The fraction of sp³-hybridized carbons (Fsp3) is 0.136. The van der Waals surface area contributed by atoms with Crippen molar-refractivity contribution in [2.45, 2.75) is 19.3 Å². The van der Waals surface area contributed by atoms with Crippen molar-refractivity contribution >= 4 is 40.1 Å². The monoisotopic (exact) mass is 534 g/mol. The lowest BCUT2D eigenvalue weighted by atomic mass is 10.2. The highest BCUT2D eigenvalue weighted by molar-refractivity contribution is 6.35. The van der Waals surface area contributed by atoms with Crippen LogP contribution in [-0.2, 0) is 0 Å². The maximum Gasteiger partial charge on any atom is 0.573 e. The van der Waals surface area contributed by atoms with Crippen LogP contribution in [0.2, 0.25) is 5.02 Å². The first-order chi connectivity index (χ1) is 17.4. The molecule has 0 aliphatic heterocycles. The largest absolute Gasteiger partial charge is 0.573 e. The first-order valence-electron chi connectivity index (χ1n) is 10.3. The van der Waals surface area contributed by atoms with Crippen molar-refractivity contribution in [2.75, 3.05) is 16.8 Å². The van der Waals surface area contributed by atoms with Crippen LogP contribution < -0.4 is 27.1 Å². The molecule has 2 aromatic heterocycles. The van der Waals surface area contributed by atoms with Gasteiger partial charge in [0, 0.05) is 12.1 Å². The number of halogens is 5. The normalized spacial score (nSPS) is 12.2. The summed E-state index contributed by atoms with van der Waals surface area (Å²) in [6.07, 6.45) is -5.11. The standard InChI is InChI=1S/C22H15ClF4N8O2/c1-9(31-18-13(8-28)17(29)33-21(30)34-18)19-32-15-4-2-3-14(23)16(15)20(36)35(19)11-5-10(24)6-12(7-11)37-22(25,26)27/h2-7,9H,1H3,(H5,29,30,31,33,34). The van der Waals surface area contributed by atoms with Crippen molar-refractivity contribution in [1.29, 1.82) is 5.26 Å². The lowest BCUT2D eigenvalue weighted by Gasteiger charge is -2.21. The molecule has 1 atom stereocenters. The molecule has 37 heavy (non-hydrogen) atoms. The number of ether oxygens (including phenoxy) is 1. The minimum absolute atomic E-state index is 0.0159. The van der Waals surface area contributed by atoms with E-state index in [4.69, 9.17) is 23.1 Å². The highest BCUT2D eigenvalue weighted by Crippen LogP contribution is 2.30. The number of aromatic nitrogens is 4. The minimum Gasteiger partial charge on any atom is -0.406 e. The summed E-state index contributed by atoms with van der Waals surface area (Å²) in [5, 5.41) is 12.3. The number of hydrogen-bond donors (Lipinski definition) is 3. The third kappa shape index (κ3) is 5.16. The van der Waals surface area contributed by atoms with Gasteiger partial charge in [-0.3, -0.25) is 9.36 Å². The van der Waals surface area contributed by atoms with Gasteiger partial charge in [0.15, 0.2) is 5.82 Å². The predicted octanol–water partition coefficient (Wildman–Crippen LogP) is 4.08. The Morgan fingerprint density at radius 3 is 2.59 bits per heavy atom.